The van der Waals surface area contributed by atoms with Crippen LogP contribution >= 0.6 is 12.6 Å². The molecule has 18 heavy (non-hydrogen) atoms. The molecule has 100 valence electrons. The maximum absolute atomic E-state index is 11.6. The summed E-state index contributed by atoms with van der Waals surface area (Å²) in [4.78, 5) is 11.6. The molecule has 1 amide bonds. The number of nitrogens with one attached hydrogen (secondary N) is 1. The van der Waals surface area contributed by atoms with Crippen molar-refractivity contribution in [3.63, 3.8) is 0 Å². The molecule has 0 heterocycles. The van der Waals surface area contributed by atoms with Gasteiger partial charge in [0.2, 0.25) is 0 Å². The number of carbonyl (C=O) groups excluding carboxylic acids is 1. The molecule has 5 heteroatoms. The molecule has 0 atom stereocenters. The number of rotatable bonds is 3. The molecule has 4 nitrogen and oxygen atoms in total. The van der Waals surface area contributed by atoms with Gasteiger partial charge in [-0.2, -0.15) is 12.6 Å². The van der Waals surface area contributed by atoms with Crippen LogP contribution in [0.5, 0.6) is 5.75 Å². The molecule has 0 bridgehead atoms. The first-order chi connectivity index (χ1) is 8.31. The average Bonchev–Trinajstić information content (AvgIpc) is 2.20. The molecule has 1 aromatic carbocycles. The lowest BCUT2D eigenvalue weighted by atomic mass is 10.1. The summed E-state index contributed by atoms with van der Waals surface area (Å²) in [5.74, 6) is 0.722. The van der Waals surface area contributed by atoms with Gasteiger partial charge in [-0.3, -0.25) is 5.32 Å². The quantitative estimate of drug-likeness (QED) is 0.583. The molecular weight excluding hydrogens is 250 g/mol. The first-order valence-corrected chi connectivity index (χ1v) is 6.38. The van der Waals surface area contributed by atoms with E-state index in [2.05, 4.69) is 17.9 Å². The van der Waals surface area contributed by atoms with E-state index in [1.165, 1.54) is 0 Å². The summed E-state index contributed by atoms with van der Waals surface area (Å²) >= 11 is 4.14. The van der Waals surface area contributed by atoms with Gasteiger partial charge in [0.15, 0.2) is 0 Å². The van der Waals surface area contributed by atoms with Gasteiger partial charge in [0, 0.05) is 0 Å². The van der Waals surface area contributed by atoms with Crippen molar-refractivity contribution in [1.82, 2.24) is 0 Å². The van der Waals surface area contributed by atoms with Crippen molar-refractivity contribution >= 4 is 24.4 Å². The van der Waals surface area contributed by atoms with E-state index in [1.54, 1.807) is 39.0 Å². The first-order valence-electron chi connectivity index (χ1n) is 5.74. The minimum atomic E-state index is -0.583. The molecule has 0 saturated heterocycles. The Kier molecular flexibility index (Phi) is 4.90. The number of carbonyl (C=O) groups is 1. The van der Waals surface area contributed by atoms with E-state index in [0.717, 1.165) is 12.0 Å². The van der Waals surface area contributed by atoms with Gasteiger partial charge in [-0.15, -0.1) is 0 Å². The Balaban J connectivity index is 2.77. The van der Waals surface area contributed by atoms with Gasteiger partial charge < -0.3 is 9.84 Å². The third kappa shape index (κ3) is 4.87. The molecule has 0 fully saturated rings. The molecule has 0 radical (unpaired) electrons. The van der Waals surface area contributed by atoms with Crippen molar-refractivity contribution in [3.8, 4) is 5.75 Å². The normalized spacial score (nSPS) is 11.1. The molecule has 2 N–H and O–H groups in total. The molecule has 0 aromatic heterocycles. The summed E-state index contributed by atoms with van der Waals surface area (Å²) in [6.07, 6.45) is 0.188. The summed E-state index contributed by atoms with van der Waals surface area (Å²) < 4.78 is 5.12. The van der Waals surface area contributed by atoms with Crippen LogP contribution in [0.15, 0.2) is 18.2 Å². The van der Waals surface area contributed by atoms with E-state index in [9.17, 15) is 9.90 Å². The summed E-state index contributed by atoms with van der Waals surface area (Å²) in [6, 6.07) is 5.06. The van der Waals surface area contributed by atoms with Gasteiger partial charge in [-0.1, -0.05) is 6.07 Å². The number of hydrogen-bond donors (Lipinski definition) is 3. The molecule has 0 aliphatic heterocycles. The van der Waals surface area contributed by atoms with Gasteiger partial charge in [0.05, 0.1) is 5.69 Å². The van der Waals surface area contributed by atoms with E-state index in [4.69, 9.17) is 4.74 Å². The summed E-state index contributed by atoms with van der Waals surface area (Å²) in [5, 5.41) is 12.2. The Bertz CT molecular complexity index is 427. The standard InChI is InChI=1S/C13H19NO3S/c1-13(2,3)17-12(16)14-10-8-9(6-7-18)4-5-11(10)15/h4-5,8,15,18H,6-7H2,1-3H3,(H,14,16). The molecule has 1 aromatic rings. The smallest absolute Gasteiger partial charge is 0.412 e. The maximum Gasteiger partial charge on any atom is 0.412 e. The number of ether oxygens (including phenoxy) is 1. The zero-order chi connectivity index (χ0) is 13.8. The third-order valence-electron chi connectivity index (χ3n) is 2.10. The number of hydrogen-bond acceptors (Lipinski definition) is 4. The van der Waals surface area contributed by atoms with E-state index >= 15 is 0 Å². The second-order valence-electron chi connectivity index (χ2n) is 4.95. The Morgan fingerprint density at radius 3 is 2.67 bits per heavy atom. The van der Waals surface area contributed by atoms with Crippen LogP contribution in [0.1, 0.15) is 26.3 Å². The van der Waals surface area contributed by atoms with Crippen LogP contribution in [0, 0.1) is 0 Å². The lowest BCUT2D eigenvalue weighted by molar-refractivity contribution is 0.0635. The van der Waals surface area contributed by atoms with E-state index in [-0.39, 0.29) is 5.75 Å². The summed E-state index contributed by atoms with van der Waals surface area (Å²) in [6.45, 7) is 5.34. The number of benzene rings is 1. The number of amides is 1. The van der Waals surface area contributed by atoms with Crippen LogP contribution in [0.25, 0.3) is 0 Å². The first kappa shape index (κ1) is 14.7. The number of phenols is 1. The molecule has 0 aliphatic carbocycles. The number of thiol groups is 1. The highest BCUT2D eigenvalue weighted by atomic mass is 32.1. The lowest BCUT2D eigenvalue weighted by Crippen LogP contribution is -2.27. The number of anilines is 1. The molecule has 0 spiro atoms. The number of phenolic OH excluding ortho intramolecular Hbond substituents is 1. The predicted molar refractivity (Wildman–Crippen MR) is 75.5 cm³/mol. The largest absolute Gasteiger partial charge is 0.506 e. The van der Waals surface area contributed by atoms with Crippen molar-refractivity contribution < 1.29 is 14.6 Å². The second-order valence-corrected chi connectivity index (χ2v) is 5.40. The third-order valence-corrected chi connectivity index (χ3v) is 2.32. The Morgan fingerprint density at radius 2 is 2.11 bits per heavy atom. The average molecular weight is 269 g/mol. The fourth-order valence-electron chi connectivity index (χ4n) is 1.38. The highest BCUT2D eigenvalue weighted by Gasteiger charge is 2.17. The topological polar surface area (TPSA) is 58.6 Å². The van der Waals surface area contributed by atoms with Crippen LogP contribution < -0.4 is 5.32 Å². The molecule has 0 aliphatic rings. The van der Waals surface area contributed by atoms with Crippen LogP contribution in [-0.4, -0.2) is 22.6 Å². The van der Waals surface area contributed by atoms with Crippen LogP contribution in [0.2, 0.25) is 0 Å². The zero-order valence-electron chi connectivity index (χ0n) is 10.9. The van der Waals surface area contributed by atoms with E-state index < -0.39 is 11.7 Å². The fraction of sp³-hybridized carbons (Fsp3) is 0.462. The van der Waals surface area contributed by atoms with Crippen molar-refractivity contribution in [1.29, 1.82) is 0 Å². The Labute approximate surface area is 113 Å². The lowest BCUT2D eigenvalue weighted by Gasteiger charge is -2.20. The van der Waals surface area contributed by atoms with Gasteiger partial charge >= 0.3 is 6.09 Å². The van der Waals surface area contributed by atoms with Gasteiger partial charge in [0.1, 0.15) is 11.4 Å². The molecule has 0 saturated carbocycles. The maximum atomic E-state index is 11.6. The van der Waals surface area contributed by atoms with Gasteiger partial charge in [-0.05, 0) is 50.6 Å². The Hall–Kier alpha value is -1.36. The van der Waals surface area contributed by atoms with Crippen molar-refractivity contribution in [2.45, 2.75) is 32.8 Å². The molecule has 0 unspecified atom stereocenters. The van der Waals surface area contributed by atoms with E-state index in [0.29, 0.717) is 11.4 Å². The summed E-state index contributed by atoms with van der Waals surface area (Å²) in [7, 11) is 0. The van der Waals surface area contributed by atoms with Crippen molar-refractivity contribution in [2.24, 2.45) is 0 Å². The van der Waals surface area contributed by atoms with Gasteiger partial charge in [-0.25, -0.2) is 4.79 Å². The monoisotopic (exact) mass is 269 g/mol. The van der Waals surface area contributed by atoms with E-state index in [1.807, 2.05) is 0 Å². The second kappa shape index (κ2) is 6.00. The fourth-order valence-corrected chi connectivity index (χ4v) is 1.64. The van der Waals surface area contributed by atoms with Crippen molar-refractivity contribution in [2.75, 3.05) is 11.1 Å². The molecular formula is C13H19NO3S. The zero-order valence-corrected chi connectivity index (χ0v) is 11.8. The highest BCUT2D eigenvalue weighted by Crippen LogP contribution is 2.25. The van der Waals surface area contributed by atoms with Crippen LogP contribution in [-0.2, 0) is 11.2 Å². The van der Waals surface area contributed by atoms with Crippen LogP contribution in [0.4, 0.5) is 10.5 Å². The Morgan fingerprint density at radius 1 is 1.44 bits per heavy atom. The number of aryl methyl sites for hydroxylation is 1. The van der Waals surface area contributed by atoms with Gasteiger partial charge in [0.25, 0.3) is 0 Å². The predicted octanol–water partition coefficient (Wildman–Crippen LogP) is 3.21. The minimum Gasteiger partial charge on any atom is -0.506 e. The SMILES string of the molecule is CC(C)(C)OC(=O)Nc1cc(CCS)ccc1O. The number of aromatic hydroxyl groups is 1. The minimum absolute atomic E-state index is 0.0174. The summed E-state index contributed by atoms with van der Waals surface area (Å²) in [5.41, 5.74) is 0.778. The molecule has 1 rings (SSSR count). The van der Waals surface area contributed by atoms with Crippen molar-refractivity contribution in [3.05, 3.63) is 23.8 Å². The van der Waals surface area contributed by atoms with Crippen LogP contribution in [0.3, 0.4) is 0 Å². The highest BCUT2D eigenvalue weighted by molar-refractivity contribution is 7.80.